The van der Waals surface area contributed by atoms with Crippen molar-refractivity contribution in [3.8, 4) is 0 Å². The van der Waals surface area contributed by atoms with Crippen molar-refractivity contribution in [1.29, 1.82) is 0 Å². The molecule has 0 saturated carbocycles. The summed E-state index contributed by atoms with van der Waals surface area (Å²) in [6, 6.07) is 4.79. The number of allylic oxidation sites excluding steroid dienone is 2. The number of carbonyl (C=O) groups is 1. The van der Waals surface area contributed by atoms with Crippen LogP contribution in [0.3, 0.4) is 0 Å². The van der Waals surface area contributed by atoms with Crippen LogP contribution in [0, 0.1) is 0 Å². The molecule has 1 aromatic carbocycles. The Hall–Kier alpha value is -2.23. The Bertz CT molecular complexity index is 466. The van der Waals surface area contributed by atoms with Crippen LogP contribution in [0.15, 0.2) is 42.5 Å². The van der Waals surface area contributed by atoms with Crippen molar-refractivity contribution in [1.82, 2.24) is 0 Å². The predicted octanol–water partition coefficient (Wildman–Crippen LogP) is 1.87. The van der Waals surface area contributed by atoms with Crippen molar-refractivity contribution in [3.05, 3.63) is 48.1 Å². The van der Waals surface area contributed by atoms with E-state index in [1.807, 2.05) is 24.3 Å². The highest BCUT2D eigenvalue weighted by atomic mass is 16.4. The summed E-state index contributed by atoms with van der Waals surface area (Å²) in [5.41, 5.74) is 7.14. The molecular formula is C12H12N2O2. The van der Waals surface area contributed by atoms with Crippen LogP contribution in [0.2, 0.25) is 0 Å². The average molecular weight is 216 g/mol. The topological polar surface area (TPSA) is 75.4 Å². The van der Waals surface area contributed by atoms with E-state index < -0.39 is 5.97 Å². The summed E-state index contributed by atoms with van der Waals surface area (Å²) in [6.07, 6.45) is 7.87. The zero-order valence-electron chi connectivity index (χ0n) is 8.55. The molecule has 0 aromatic heterocycles. The van der Waals surface area contributed by atoms with Crippen LogP contribution in [0.4, 0.5) is 11.4 Å². The van der Waals surface area contributed by atoms with Crippen molar-refractivity contribution < 1.29 is 9.90 Å². The first-order valence-electron chi connectivity index (χ1n) is 4.91. The molecule has 0 spiro atoms. The zero-order chi connectivity index (χ0) is 11.5. The Labute approximate surface area is 93.1 Å². The molecule has 0 heterocycles. The first kappa shape index (κ1) is 10.3. The normalized spacial score (nSPS) is 14.2. The summed E-state index contributed by atoms with van der Waals surface area (Å²) in [4.78, 5) is 10.7. The number of hydrogen-bond donors (Lipinski definition) is 3. The summed E-state index contributed by atoms with van der Waals surface area (Å²) in [5.74, 6) is -0.973. The van der Waals surface area contributed by atoms with E-state index >= 15 is 0 Å². The minimum atomic E-state index is -0.973. The molecule has 0 fully saturated rings. The van der Waals surface area contributed by atoms with Gasteiger partial charge in [0.25, 0.3) is 0 Å². The van der Waals surface area contributed by atoms with Crippen LogP contribution in [0.5, 0.6) is 0 Å². The van der Waals surface area contributed by atoms with E-state index in [0.29, 0.717) is 5.69 Å². The monoisotopic (exact) mass is 216 g/mol. The molecule has 0 aliphatic heterocycles. The van der Waals surface area contributed by atoms with E-state index in [1.165, 1.54) is 12.1 Å². The lowest BCUT2D eigenvalue weighted by Gasteiger charge is -2.13. The number of nitrogens with two attached hydrogens (primary N) is 1. The predicted molar refractivity (Wildman–Crippen MR) is 63.5 cm³/mol. The van der Waals surface area contributed by atoms with Gasteiger partial charge in [0.15, 0.2) is 0 Å². The molecule has 16 heavy (non-hydrogen) atoms. The van der Waals surface area contributed by atoms with Crippen LogP contribution >= 0.6 is 0 Å². The van der Waals surface area contributed by atoms with Crippen LogP contribution in [-0.2, 0) is 0 Å². The highest BCUT2D eigenvalue weighted by molar-refractivity contribution is 5.90. The molecule has 2 rings (SSSR count). The molecule has 4 N–H and O–H groups in total. The smallest absolute Gasteiger partial charge is 0.335 e. The van der Waals surface area contributed by atoms with Gasteiger partial charge in [0.05, 0.1) is 23.0 Å². The first-order chi connectivity index (χ1) is 7.66. The van der Waals surface area contributed by atoms with Gasteiger partial charge in [-0.2, -0.15) is 0 Å². The second-order valence-electron chi connectivity index (χ2n) is 3.55. The quantitative estimate of drug-likeness (QED) is 0.674. The van der Waals surface area contributed by atoms with Gasteiger partial charge < -0.3 is 16.2 Å². The number of anilines is 2. The summed E-state index contributed by atoms with van der Waals surface area (Å²) in [5, 5.41) is 12.0. The van der Waals surface area contributed by atoms with E-state index in [0.717, 1.165) is 5.69 Å². The van der Waals surface area contributed by atoms with E-state index in [9.17, 15) is 4.79 Å². The van der Waals surface area contributed by atoms with Crippen LogP contribution in [0.1, 0.15) is 10.4 Å². The fourth-order valence-corrected chi connectivity index (χ4v) is 1.53. The fraction of sp³-hybridized carbons (Fsp3) is 0.0833. The standard InChI is InChI=1S/C12H12N2O2/c13-10-7-8(12(15)16)5-6-11(10)14-9-3-1-2-4-9/h1-7,9,14H,13H2,(H,15,16). The van der Waals surface area contributed by atoms with Crippen LogP contribution < -0.4 is 11.1 Å². The van der Waals surface area contributed by atoms with Crippen molar-refractivity contribution in [2.45, 2.75) is 6.04 Å². The van der Waals surface area contributed by atoms with Gasteiger partial charge in [0, 0.05) is 0 Å². The number of hydrogen-bond acceptors (Lipinski definition) is 3. The zero-order valence-corrected chi connectivity index (χ0v) is 8.55. The van der Waals surface area contributed by atoms with Crippen molar-refractivity contribution >= 4 is 17.3 Å². The SMILES string of the molecule is Nc1cc(C(=O)O)ccc1NC1C=CC=C1. The number of nitrogen functional groups attached to an aromatic ring is 1. The molecule has 0 radical (unpaired) electrons. The maximum atomic E-state index is 10.7. The Kier molecular flexibility index (Phi) is 2.64. The molecule has 1 aliphatic rings. The lowest BCUT2D eigenvalue weighted by atomic mass is 10.1. The van der Waals surface area contributed by atoms with Gasteiger partial charge >= 0.3 is 5.97 Å². The molecule has 1 aromatic rings. The summed E-state index contributed by atoms with van der Waals surface area (Å²) < 4.78 is 0. The molecule has 1 aliphatic carbocycles. The Morgan fingerprint density at radius 2 is 2.00 bits per heavy atom. The van der Waals surface area contributed by atoms with Gasteiger partial charge in [0.2, 0.25) is 0 Å². The molecule has 4 nitrogen and oxygen atoms in total. The van der Waals surface area contributed by atoms with Gasteiger partial charge in [-0.05, 0) is 18.2 Å². The Morgan fingerprint density at radius 3 is 2.56 bits per heavy atom. The molecule has 0 atom stereocenters. The summed E-state index contributed by atoms with van der Waals surface area (Å²) in [7, 11) is 0. The third-order valence-corrected chi connectivity index (χ3v) is 2.37. The maximum absolute atomic E-state index is 10.7. The number of nitrogens with one attached hydrogen (secondary N) is 1. The number of carboxylic acids is 1. The van der Waals surface area contributed by atoms with Gasteiger partial charge in [-0.15, -0.1) is 0 Å². The van der Waals surface area contributed by atoms with E-state index in [4.69, 9.17) is 10.8 Å². The Morgan fingerprint density at radius 1 is 1.31 bits per heavy atom. The average Bonchev–Trinajstić information content (AvgIpc) is 2.73. The molecule has 82 valence electrons. The second-order valence-corrected chi connectivity index (χ2v) is 3.55. The molecular weight excluding hydrogens is 204 g/mol. The van der Waals surface area contributed by atoms with Gasteiger partial charge in [-0.25, -0.2) is 4.79 Å². The fourth-order valence-electron chi connectivity index (χ4n) is 1.53. The molecule has 0 saturated heterocycles. The number of rotatable bonds is 3. The third kappa shape index (κ3) is 2.06. The van der Waals surface area contributed by atoms with Gasteiger partial charge in [-0.1, -0.05) is 24.3 Å². The molecule has 0 amide bonds. The first-order valence-corrected chi connectivity index (χ1v) is 4.91. The van der Waals surface area contributed by atoms with Crippen LogP contribution in [-0.4, -0.2) is 17.1 Å². The van der Waals surface area contributed by atoms with Gasteiger partial charge in [0.1, 0.15) is 0 Å². The van der Waals surface area contributed by atoms with Crippen molar-refractivity contribution in [3.63, 3.8) is 0 Å². The minimum Gasteiger partial charge on any atom is -0.478 e. The summed E-state index contributed by atoms with van der Waals surface area (Å²) in [6.45, 7) is 0. The van der Waals surface area contributed by atoms with Gasteiger partial charge in [-0.3, -0.25) is 0 Å². The van der Waals surface area contributed by atoms with Crippen molar-refractivity contribution in [2.75, 3.05) is 11.1 Å². The lowest BCUT2D eigenvalue weighted by Crippen LogP contribution is -2.13. The van der Waals surface area contributed by atoms with Crippen LogP contribution in [0.25, 0.3) is 0 Å². The highest BCUT2D eigenvalue weighted by Crippen LogP contribution is 2.21. The van der Waals surface area contributed by atoms with E-state index in [2.05, 4.69) is 5.32 Å². The lowest BCUT2D eigenvalue weighted by molar-refractivity contribution is 0.0697. The minimum absolute atomic E-state index is 0.123. The number of benzene rings is 1. The number of aromatic carboxylic acids is 1. The molecule has 4 heteroatoms. The van der Waals surface area contributed by atoms with E-state index in [1.54, 1.807) is 6.07 Å². The molecule has 0 bridgehead atoms. The summed E-state index contributed by atoms with van der Waals surface area (Å²) >= 11 is 0. The molecule has 0 unspecified atom stereocenters. The Balaban J connectivity index is 2.19. The van der Waals surface area contributed by atoms with E-state index in [-0.39, 0.29) is 11.6 Å². The third-order valence-electron chi connectivity index (χ3n) is 2.37. The van der Waals surface area contributed by atoms with Crippen molar-refractivity contribution in [2.24, 2.45) is 0 Å². The number of carboxylic acid groups (broad SMARTS) is 1. The highest BCUT2D eigenvalue weighted by Gasteiger charge is 2.08. The largest absolute Gasteiger partial charge is 0.478 e. The maximum Gasteiger partial charge on any atom is 0.335 e. The second kappa shape index (κ2) is 4.10.